The van der Waals surface area contributed by atoms with Crippen molar-refractivity contribution in [3.05, 3.63) is 76.9 Å². The first kappa shape index (κ1) is 26.7. The van der Waals surface area contributed by atoms with E-state index >= 15 is 0 Å². The van der Waals surface area contributed by atoms with E-state index in [4.69, 9.17) is 0 Å². The van der Waals surface area contributed by atoms with Crippen molar-refractivity contribution in [2.45, 2.75) is 83.5 Å². The third-order valence-corrected chi connectivity index (χ3v) is 8.53. The first-order chi connectivity index (χ1) is 19.1. The molecule has 1 aromatic heterocycles. The quantitative estimate of drug-likeness (QED) is 0.317. The van der Waals surface area contributed by atoms with E-state index < -0.39 is 12.5 Å². The van der Waals surface area contributed by atoms with Gasteiger partial charge in [0, 0.05) is 32.3 Å². The maximum atomic E-state index is 14.7. The van der Waals surface area contributed by atoms with Crippen LogP contribution < -0.4 is 9.80 Å². The number of aryl methyl sites for hydroxylation is 1. The molecule has 0 radical (unpaired) electrons. The number of nitrogens with zero attached hydrogens (tertiary/aromatic N) is 5. The fourth-order valence-electron chi connectivity index (χ4n) is 6.49. The summed E-state index contributed by atoms with van der Waals surface area (Å²) in [6.07, 6.45) is 5.24. The van der Waals surface area contributed by atoms with Gasteiger partial charge in [0.2, 0.25) is 0 Å². The molecule has 9 heteroatoms. The summed E-state index contributed by atoms with van der Waals surface area (Å²) in [6.45, 7) is 5.78. The van der Waals surface area contributed by atoms with E-state index in [-0.39, 0.29) is 23.9 Å². The minimum atomic E-state index is -2.93. The van der Waals surface area contributed by atoms with E-state index in [1.54, 1.807) is 17.2 Å². The van der Waals surface area contributed by atoms with Crippen LogP contribution in [0.3, 0.4) is 0 Å². The molecule has 3 aliphatic rings. The normalized spacial score (nSPS) is 20.3. The van der Waals surface area contributed by atoms with Gasteiger partial charge in [0.05, 0.1) is 24.0 Å². The van der Waals surface area contributed by atoms with Gasteiger partial charge in [-0.1, -0.05) is 36.4 Å². The molecule has 40 heavy (non-hydrogen) atoms. The predicted molar refractivity (Wildman–Crippen MR) is 149 cm³/mol. The van der Waals surface area contributed by atoms with E-state index in [9.17, 15) is 18.0 Å². The molecule has 0 spiro atoms. The summed E-state index contributed by atoms with van der Waals surface area (Å²) in [5.74, 6) is -2.65. The van der Waals surface area contributed by atoms with Gasteiger partial charge in [-0.05, 0) is 68.2 Å². The van der Waals surface area contributed by atoms with Gasteiger partial charge in [-0.2, -0.15) is 5.10 Å². The summed E-state index contributed by atoms with van der Waals surface area (Å²) < 4.78 is 43.9. The molecule has 0 N–H and O–H groups in total. The number of urea groups is 1. The highest BCUT2D eigenvalue weighted by molar-refractivity contribution is 5.95. The molecule has 1 saturated heterocycles. The number of amides is 2. The Hall–Kier alpha value is -3.49. The fraction of sp³-hybridized carbons (Fsp3) is 0.484. The molecule has 1 aliphatic carbocycles. The summed E-state index contributed by atoms with van der Waals surface area (Å²) >= 11 is 0. The smallest absolute Gasteiger partial charge is 0.325 e. The van der Waals surface area contributed by atoms with E-state index in [0.717, 1.165) is 30.9 Å². The van der Waals surface area contributed by atoms with Crippen LogP contribution in [0, 0.1) is 12.7 Å². The van der Waals surface area contributed by atoms with Crippen molar-refractivity contribution >= 4 is 17.4 Å². The van der Waals surface area contributed by atoms with Crippen LogP contribution in [0.4, 0.5) is 29.3 Å². The first-order valence-electron chi connectivity index (χ1n) is 14.2. The molecule has 2 amide bonds. The van der Waals surface area contributed by atoms with Gasteiger partial charge in [-0.3, -0.25) is 9.58 Å². The second-order valence-corrected chi connectivity index (χ2v) is 11.7. The lowest BCUT2D eigenvalue weighted by molar-refractivity contribution is 0.000360. The molecule has 0 bridgehead atoms. The molecular formula is C31H36F3N5O. The third-order valence-electron chi connectivity index (χ3n) is 8.53. The van der Waals surface area contributed by atoms with Crippen molar-refractivity contribution in [1.29, 1.82) is 0 Å². The first-order valence-corrected chi connectivity index (χ1v) is 14.2. The Morgan fingerprint density at radius 1 is 1.02 bits per heavy atom. The van der Waals surface area contributed by atoms with Crippen molar-refractivity contribution in [3.8, 4) is 0 Å². The van der Waals surface area contributed by atoms with Crippen LogP contribution in [0.5, 0.6) is 0 Å². The number of alkyl halides is 2. The lowest BCUT2D eigenvalue weighted by atomic mass is 9.97. The number of benzene rings is 2. The van der Waals surface area contributed by atoms with E-state index in [1.807, 2.05) is 36.9 Å². The SMILES string of the molecule is Cc1cccc(F)c1N1CCC(N2C(=O)N(Cc3ccccc3C3CC3)c3cn(CC(C)(F)F)nc3[C@H]2C)CC1. The van der Waals surface area contributed by atoms with Crippen molar-refractivity contribution in [2.75, 3.05) is 22.9 Å². The highest BCUT2D eigenvalue weighted by atomic mass is 19.3. The second-order valence-electron chi connectivity index (χ2n) is 11.7. The van der Waals surface area contributed by atoms with Crippen molar-refractivity contribution in [2.24, 2.45) is 0 Å². The minimum absolute atomic E-state index is 0.0714. The number of hydrogen-bond donors (Lipinski definition) is 0. The number of carbonyl (C=O) groups is 1. The zero-order chi connectivity index (χ0) is 28.2. The van der Waals surface area contributed by atoms with Crippen molar-refractivity contribution in [3.63, 3.8) is 0 Å². The van der Waals surface area contributed by atoms with Crippen LogP contribution >= 0.6 is 0 Å². The molecule has 6 nitrogen and oxygen atoms in total. The maximum Gasteiger partial charge on any atom is 0.325 e. The van der Waals surface area contributed by atoms with Crippen LogP contribution in [0.15, 0.2) is 48.7 Å². The van der Waals surface area contributed by atoms with E-state index in [0.29, 0.717) is 55.5 Å². The molecule has 1 atom stereocenters. The number of piperidine rings is 1. The number of fused-ring (bicyclic) bond motifs is 1. The zero-order valence-corrected chi connectivity index (χ0v) is 23.3. The van der Waals surface area contributed by atoms with Crippen molar-refractivity contribution < 1.29 is 18.0 Å². The highest BCUT2D eigenvalue weighted by Gasteiger charge is 2.43. The zero-order valence-electron chi connectivity index (χ0n) is 23.3. The number of aromatic nitrogens is 2. The largest absolute Gasteiger partial charge is 0.369 e. The summed E-state index contributed by atoms with van der Waals surface area (Å²) in [4.78, 5) is 19.9. The van der Waals surface area contributed by atoms with Crippen molar-refractivity contribution in [1.82, 2.24) is 14.7 Å². The van der Waals surface area contributed by atoms with Gasteiger partial charge in [-0.25, -0.2) is 18.0 Å². The van der Waals surface area contributed by atoms with Gasteiger partial charge in [0.15, 0.2) is 0 Å². The molecular weight excluding hydrogens is 515 g/mol. The predicted octanol–water partition coefficient (Wildman–Crippen LogP) is 7.04. The summed E-state index contributed by atoms with van der Waals surface area (Å²) in [6, 6.07) is 12.8. The molecule has 0 unspecified atom stereocenters. The molecule has 2 fully saturated rings. The minimum Gasteiger partial charge on any atom is -0.369 e. The van der Waals surface area contributed by atoms with Crippen LogP contribution in [0.1, 0.15) is 73.9 Å². The van der Waals surface area contributed by atoms with Crippen LogP contribution in [0.2, 0.25) is 0 Å². The molecule has 3 aromatic rings. The Kier molecular flexibility index (Phi) is 6.79. The number of para-hydroxylation sites is 1. The molecule has 212 valence electrons. The Balaban J connectivity index is 1.30. The molecule has 1 saturated carbocycles. The van der Waals surface area contributed by atoms with Crippen LogP contribution in [0.25, 0.3) is 0 Å². The average Bonchev–Trinajstić information content (AvgIpc) is 3.66. The summed E-state index contributed by atoms with van der Waals surface area (Å²) in [5, 5.41) is 4.59. The average molecular weight is 552 g/mol. The summed E-state index contributed by atoms with van der Waals surface area (Å²) in [5.41, 5.74) is 5.09. The molecule has 2 aromatic carbocycles. The molecule has 3 heterocycles. The lowest BCUT2D eigenvalue weighted by Gasteiger charge is -2.46. The van der Waals surface area contributed by atoms with Gasteiger partial charge in [0.25, 0.3) is 5.92 Å². The van der Waals surface area contributed by atoms with Gasteiger partial charge >= 0.3 is 6.03 Å². The third kappa shape index (κ3) is 5.06. The fourth-order valence-corrected chi connectivity index (χ4v) is 6.49. The second kappa shape index (κ2) is 10.2. The van der Waals surface area contributed by atoms with Crippen LogP contribution in [-0.2, 0) is 13.1 Å². The molecule has 6 rings (SSSR count). The highest BCUT2D eigenvalue weighted by Crippen LogP contribution is 2.44. The number of halogens is 3. The Morgan fingerprint density at radius 2 is 1.75 bits per heavy atom. The maximum absolute atomic E-state index is 14.7. The summed E-state index contributed by atoms with van der Waals surface area (Å²) in [7, 11) is 0. The van der Waals surface area contributed by atoms with Gasteiger partial charge in [0.1, 0.15) is 18.1 Å². The standard InChI is InChI=1S/C31H36F3N5O/c1-20-7-6-10-26(32)29(20)36-15-13-24(14-16-36)39-21(2)28-27(18-37(35-28)19-31(3,33)34)38(30(39)40)17-23-8-4-5-9-25(23)22-11-12-22/h4-10,18,21-22,24H,11-17,19H2,1-3H3/t21-/m1/s1. The van der Waals surface area contributed by atoms with E-state index in [1.165, 1.54) is 16.3 Å². The lowest BCUT2D eigenvalue weighted by Crippen LogP contribution is -2.55. The Morgan fingerprint density at radius 3 is 2.42 bits per heavy atom. The number of hydrogen-bond acceptors (Lipinski definition) is 3. The van der Waals surface area contributed by atoms with E-state index in [2.05, 4.69) is 22.1 Å². The monoisotopic (exact) mass is 551 g/mol. The number of anilines is 2. The number of rotatable bonds is 7. The Labute approximate surface area is 233 Å². The number of carbonyl (C=O) groups excluding carboxylic acids is 1. The van der Waals surface area contributed by atoms with Crippen LogP contribution in [-0.4, -0.2) is 45.8 Å². The van der Waals surface area contributed by atoms with Gasteiger partial charge in [-0.15, -0.1) is 0 Å². The topological polar surface area (TPSA) is 44.6 Å². The van der Waals surface area contributed by atoms with Gasteiger partial charge < -0.3 is 9.80 Å². The molecule has 2 aliphatic heterocycles. The Bertz CT molecular complexity index is 1380.